The van der Waals surface area contributed by atoms with Crippen LogP contribution >= 0.6 is 0 Å². The molecule has 0 aromatic rings. The van der Waals surface area contributed by atoms with Crippen molar-refractivity contribution in [3.63, 3.8) is 0 Å². The topological polar surface area (TPSA) is 35.8 Å². The molecule has 2 nitrogen and oxygen atoms in total. The van der Waals surface area contributed by atoms with Crippen molar-refractivity contribution in [3.05, 3.63) is 12.7 Å². The summed E-state index contributed by atoms with van der Waals surface area (Å²) in [5, 5.41) is 11.0. The van der Waals surface area contributed by atoms with Gasteiger partial charge in [-0.25, -0.2) is 0 Å². The molecule has 1 N–H and O–H groups in total. The molecule has 2 heteroatoms. The quantitative estimate of drug-likeness (QED) is 0.428. The van der Waals surface area contributed by atoms with Crippen LogP contribution in [-0.2, 0) is 0 Å². The summed E-state index contributed by atoms with van der Waals surface area (Å²) in [5.74, 6) is 0. The second-order valence-corrected chi connectivity index (χ2v) is 1.56. The average Bonchev–Trinajstić information content (AvgIpc) is 1.83. The van der Waals surface area contributed by atoms with E-state index in [2.05, 4.69) is 11.9 Å². The van der Waals surface area contributed by atoms with Crippen LogP contribution in [0.3, 0.4) is 0 Å². The van der Waals surface area contributed by atoms with Gasteiger partial charge in [-0.1, -0.05) is 6.08 Å². The molecule has 0 rings (SSSR count). The van der Waals surface area contributed by atoms with Crippen LogP contribution in [0.2, 0.25) is 0 Å². The van der Waals surface area contributed by atoms with Crippen LogP contribution in [0, 0.1) is 11.3 Å². The fraction of sp³-hybridized carbons (Fsp3) is 0.500. The number of nitrogens with one attached hydrogen (secondary N) is 1. The van der Waals surface area contributed by atoms with E-state index in [0.29, 0.717) is 6.54 Å². The zero-order chi connectivity index (χ0) is 6.41. The predicted octanol–water partition coefficient (Wildman–Crippen LogP) is 0.674. The average molecular weight is 110 g/mol. The Hall–Kier alpha value is -0.810. The van der Waals surface area contributed by atoms with Gasteiger partial charge in [0, 0.05) is 6.04 Å². The lowest BCUT2D eigenvalue weighted by Gasteiger charge is -2.01. The second-order valence-electron chi connectivity index (χ2n) is 1.56. The molecule has 0 bridgehead atoms. The van der Waals surface area contributed by atoms with Crippen LogP contribution in [-0.4, -0.2) is 12.6 Å². The molecule has 0 heterocycles. The number of nitrogens with zero attached hydrogens (tertiary/aromatic N) is 1. The van der Waals surface area contributed by atoms with Crippen molar-refractivity contribution in [1.82, 2.24) is 5.32 Å². The van der Waals surface area contributed by atoms with Crippen molar-refractivity contribution >= 4 is 0 Å². The van der Waals surface area contributed by atoms with Crippen LogP contribution in [0.5, 0.6) is 0 Å². The SMILES string of the molecule is C=CC(C)NCC#N. The molecule has 0 saturated heterocycles. The normalized spacial score (nSPS) is 12.0. The minimum absolute atomic E-state index is 0.245. The van der Waals surface area contributed by atoms with Crippen molar-refractivity contribution in [2.45, 2.75) is 13.0 Å². The Kier molecular flexibility index (Phi) is 3.91. The highest BCUT2D eigenvalue weighted by molar-refractivity contribution is 4.85. The first-order chi connectivity index (χ1) is 3.81. The third kappa shape index (κ3) is 3.38. The van der Waals surface area contributed by atoms with Gasteiger partial charge < -0.3 is 0 Å². The fourth-order valence-corrected chi connectivity index (χ4v) is 0.290. The Morgan fingerprint density at radius 2 is 2.62 bits per heavy atom. The summed E-state index contributed by atoms with van der Waals surface area (Å²) in [7, 11) is 0. The molecule has 0 fully saturated rings. The maximum Gasteiger partial charge on any atom is 0.0845 e. The van der Waals surface area contributed by atoms with Crippen LogP contribution < -0.4 is 5.32 Å². The molecule has 0 aliphatic carbocycles. The molecule has 0 aromatic carbocycles. The van der Waals surface area contributed by atoms with E-state index < -0.39 is 0 Å². The smallest absolute Gasteiger partial charge is 0.0845 e. The van der Waals surface area contributed by atoms with Crippen LogP contribution in [0.15, 0.2) is 12.7 Å². The number of nitriles is 1. The molecule has 8 heavy (non-hydrogen) atoms. The van der Waals surface area contributed by atoms with Crippen LogP contribution in [0.4, 0.5) is 0 Å². The standard InChI is InChI=1S/C6H10N2/c1-3-6(2)8-5-4-7/h3,6,8H,1,5H2,2H3. The van der Waals surface area contributed by atoms with Gasteiger partial charge in [0.2, 0.25) is 0 Å². The van der Waals surface area contributed by atoms with Crippen LogP contribution in [0.1, 0.15) is 6.92 Å². The summed E-state index contributed by atoms with van der Waals surface area (Å²) in [6, 6.07) is 2.22. The van der Waals surface area contributed by atoms with E-state index in [4.69, 9.17) is 5.26 Å². The lowest BCUT2D eigenvalue weighted by Crippen LogP contribution is -2.23. The van der Waals surface area contributed by atoms with Gasteiger partial charge in [-0.3, -0.25) is 5.32 Å². The summed E-state index contributed by atoms with van der Waals surface area (Å²) in [4.78, 5) is 0. The van der Waals surface area contributed by atoms with Gasteiger partial charge in [0.1, 0.15) is 0 Å². The number of rotatable bonds is 3. The van der Waals surface area contributed by atoms with Crippen LogP contribution in [0.25, 0.3) is 0 Å². The zero-order valence-electron chi connectivity index (χ0n) is 5.02. The molecule has 0 saturated carbocycles. The molecular weight excluding hydrogens is 100 g/mol. The first-order valence-electron chi connectivity index (χ1n) is 2.54. The molecule has 0 spiro atoms. The van der Waals surface area contributed by atoms with Gasteiger partial charge in [-0.05, 0) is 6.92 Å². The first kappa shape index (κ1) is 7.19. The van der Waals surface area contributed by atoms with E-state index >= 15 is 0 Å². The summed E-state index contributed by atoms with van der Waals surface area (Å²) < 4.78 is 0. The molecule has 44 valence electrons. The number of hydrogen-bond donors (Lipinski definition) is 1. The summed E-state index contributed by atoms with van der Waals surface area (Å²) in [5.41, 5.74) is 0. The Morgan fingerprint density at radius 3 is 3.00 bits per heavy atom. The monoisotopic (exact) mass is 110 g/mol. The Morgan fingerprint density at radius 1 is 2.00 bits per heavy atom. The Balaban J connectivity index is 3.13. The molecule has 0 aliphatic heterocycles. The first-order valence-corrected chi connectivity index (χ1v) is 2.54. The molecular formula is C6H10N2. The molecule has 0 amide bonds. The zero-order valence-corrected chi connectivity index (χ0v) is 5.02. The fourth-order valence-electron chi connectivity index (χ4n) is 0.290. The summed E-state index contributed by atoms with van der Waals surface area (Å²) >= 11 is 0. The van der Waals surface area contributed by atoms with E-state index in [9.17, 15) is 0 Å². The van der Waals surface area contributed by atoms with Crippen molar-refractivity contribution in [3.8, 4) is 6.07 Å². The molecule has 0 aliphatic rings. The molecule has 0 radical (unpaired) electrons. The highest BCUT2D eigenvalue weighted by Crippen LogP contribution is 1.77. The van der Waals surface area contributed by atoms with Gasteiger partial charge in [-0.2, -0.15) is 5.26 Å². The Labute approximate surface area is 49.8 Å². The van der Waals surface area contributed by atoms with Gasteiger partial charge in [-0.15, -0.1) is 6.58 Å². The minimum atomic E-state index is 0.245. The van der Waals surface area contributed by atoms with E-state index in [-0.39, 0.29) is 6.04 Å². The summed E-state index contributed by atoms with van der Waals surface area (Å²) in [6.07, 6.45) is 1.76. The summed E-state index contributed by atoms with van der Waals surface area (Å²) in [6.45, 7) is 5.89. The van der Waals surface area contributed by atoms with Crippen molar-refractivity contribution < 1.29 is 0 Å². The van der Waals surface area contributed by atoms with E-state index in [1.54, 1.807) is 6.08 Å². The molecule has 1 atom stereocenters. The highest BCUT2D eigenvalue weighted by Gasteiger charge is 1.88. The van der Waals surface area contributed by atoms with Gasteiger partial charge in [0.05, 0.1) is 12.6 Å². The lowest BCUT2D eigenvalue weighted by atomic mass is 10.3. The second kappa shape index (κ2) is 4.35. The highest BCUT2D eigenvalue weighted by atomic mass is 14.9. The van der Waals surface area contributed by atoms with Crippen molar-refractivity contribution in [2.75, 3.05) is 6.54 Å². The van der Waals surface area contributed by atoms with Gasteiger partial charge >= 0.3 is 0 Å². The molecule has 0 aromatic heterocycles. The third-order valence-electron chi connectivity index (χ3n) is 0.857. The maximum absolute atomic E-state index is 8.06. The van der Waals surface area contributed by atoms with Gasteiger partial charge in [0.15, 0.2) is 0 Å². The molecule has 1 unspecified atom stereocenters. The maximum atomic E-state index is 8.06. The number of hydrogen-bond acceptors (Lipinski definition) is 2. The van der Waals surface area contributed by atoms with E-state index in [1.807, 2.05) is 13.0 Å². The predicted molar refractivity (Wildman–Crippen MR) is 33.3 cm³/mol. The van der Waals surface area contributed by atoms with Crippen molar-refractivity contribution in [1.29, 1.82) is 5.26 Å². The van der Waals surface area contributed by atoms with E-state index in [1.165, 1.54) is 0 Å². The van der Waals surface area contributed by atoms with E-state index in [0.717, 1.165) is 0 Å². The van der Waals surface area contributed by atoms with Gasteiger partial charge in [0.25, 0.3) is 0 Å². The minimum Gasteiger partial charge on any atom is -0.298 e. The van der Waals surface area contributed by atoms with Crippen molar-refractivity contribution in [2.24, 2.45) is 0 Å². The third-order valence-corrected chi connectivity index (χ3v) is 0.857. The lowest BCUT2D eigenvalue weighted by molar-refractivity contribution is 0.691. The Bertz CT molecular complexity index is 102. The largest absolute Gasteiger partial charge is 0.298 e.